The van der Waals surface area contributed by atoms with Crippen LogP contribution in [0.2, 0.25) is 0 Å². The summed E-state index contributed by atoms with van der Waals surface area (Å²) >= 11 is 0. The molecule has 1 atom stereocenters. The Morgan fingerprint density at radius 1 is 1.19 bits per heavy atom. The summed E-state index contributed by atoms with van der Waals surface area (Å²) in [6.45, 7) is 0.570. The van der Waals surface area contributed by atoms with Gasteiger partial charge in [-0.05, 0) is 24.6 Å². The van der Waals surface area contributed by atoms with E-state index in [4.69, 9.17) is 9.47 Å². The minimum Gasteiger partial charge on any atom is -0.495 e. The first-order valence-corrected chi connectivity index (χ1v) is 10.7. The maximum Gasteiger partial charge on any atom is 0.321 e. The van der Waals surface area contributed by atoms with E-state index < -0.39 is 39.5 Å². The lowest BCUT2D eigenvalue weighted by Gasteiger charge is -2.15. The zero-order chi connectivity index (χ0) is 23.7. The normalized spacial score (nSPS) is 12.2. The highest BCUT2D eigenvalue weighted by molar-refractivity contribution is 7.92. The number of esters is 1. The minimum atomic E-state index is -3.91. The van der Waals surface area contributed by atoms with Crippen LogP contribution in [0.25, 0.3) is 6.08 Å². The highest BCUT2D eigenvalue weighted by Crippen LogP contribution is 2.29. The number of methoxy groups -OCH3 is 1. The van der Waals surface area contributed by atoms with Crippen LogP contribution >= 0.6 is 0 Å². The summed E-state index contributed by atoms with van der Waals surface area (Å²) in [4.78, 5) is 34.5. The van der Waals surface area contributed by atoms with Gasteiger partial charge in [0.15, 0.2) is 6.10 Å². The van der Waals surface area contributed by atoms with Crippen LogP contribution in [0, 0.1) is 10.1 Å². The van der Waals surface area contributed by atoms with Crippen molar-refractivity contribution in [2.45, 2.75) is 13.0 Å². The lowest BCUT2D eigenvalue weighted by Crippen LogP contribution is -2.35. The zero-order valence-electron chi connectivity index (χ0n) is 17.2. The molecule has 1 unspecified atom stereocenters. The fraction of sp³-hybridized carbons (Fsp3) is 0.200. The van der Waals surface area contributed by atoms with Gasteiger partial charge < -0.3 is 14.8 Å². The second kappa shape index (κ2) is 11.0. The number of benzene rings is 2. The maximum absolute atomic E-state index is 12.3. The minimum absolute atomic E-state index is 0.0151. The molecular formula is C20H21N3O8S. The first-order valence-electron chi connectivity index (χ1n) is 9.17. The summed E-state index contributed by atoms with van der Waals surface area (Å²) in [6, 6.07) is 12.3. The van der Waals surface area contributed by atoms with Gasteiger partial charge in [-0.1, -0.05) is 30.3 Å². The number of hydrogen-bond donors (Lipinski definition) is 2. The van der Waals surface area contributed by atoms with E-state index in [0.29, 0.717) is 5.56 Å². The Morgan fingerprint density at radius 2 is 1.88 bits per heavy atom. The standard InChI is InChI=1S/C20H21N3O8S/c1-14(20(25)22-17-12-16(23(26)27)8-9-18(17)30-2)31-19(24)13-21-32(28,29)11-10-15-6-4-3-5-7-15/h3-12,14,21H,13H2,1-2H3,(H,22,25)/b11-10+. The molecule has 12 heteroatoms. The van der Waals surface area contributed by atoms with Gasteiger partial charge in [0.1, 0.15) is 12.3 Å². The number of nitro groups is 1. The Bertz CT molecular complexity index is 1120. The Labute approximate surface area is 184 Å². The van der Waals surface area contributed by atoms with Crippen LogP contribution in [0.5, 0.6) is 5.75 Å². The van der Waals surface area contributed by atoms with Crippen LogP contribution < -0.4 is 14.8 Å². The third-order valence-electron chi connectivity index (χ3n) is 3.99. The van der Waals surface area contributed by atoms with E-state index in [9.17, 15) is 28.1 Å². The van der Waals surface area contributed by atoms with E-state index in [1.165, 1.54) is 32.2 Å². The first-order chi connectivity index (χ1) is 15.1. The van der Waals surface area contributed by atoms with Crippen LogP contribution in [-0.4, -0.2) is 45.0 Å². The van der Waals surface area contributed by atoms with Gasteiger partial charge in [-0.2, -0.15) is 0 Å². The molecule has 0 saturated heterocycles. The van der Waals surface area contributed by atoms with E-state index in [-0.39, 0.29) is 17.1 Å². The second-order valence-corrected chi connectivity index (χ2v) is 7.99. The monoisotopic (exact) mass is 463 g/mol. The van der Waals surface area contributed by atoms with Gasteiger partial charge in [0.05, 0.1) is 17.7 Å². The van der Waals surface area contributed by atoms with Crippen LogP contribution in [-0.2, 0) is 24.3 Å². The van der Waals surface area contributed by atoms with Crippen molar-refractivity contribution in [2.24, 2.45) is 0 Å². The van der Waals surface area contributed by atoms with E-state index >= 15 is 0 Å². The van der Waals surface area contributed by atoms with E-state index in [2.05, 4.69) is 5.32 Å². The number of carbonyl (C=O) groups is 2. The van der Waals surface area contributed by atoms with Crippen molar-refractivity contribution < 1.29 is 32.4 Å². The van der Waals surface area contributed by atoms with Gasteiger partial charge in [0, 0.05) is 17.5 Å². The van der Waals surface area contributed by atoms with E-state index in [1.54, 1.807) is 30.3 Å². The molecule has 0 spiro atoms. The van der Waals surface area contributed by atoms with Gasteiger partial charge in [-0.25, -0.2) is 13.1 Å². The number of hydrogen-bond acceptors (Lipinski definition) is 8. The Balaban J connectivity index is 1.92. The molecule has 170 valence electrons. The number of amides is 1. The highest BCUT2D eigenvalue weighted by atomic mass is 32.2. The number of non-ortho nitro benzene ring substituents is 1. The molecule has 0 aliphatic rings. The number of nitro benzene ring substituents is 1. The van der Waals surface area contributed by atoms with Crippen molar-refractivity contribution >= 4 is 39.4 Å². The van der Waals surface area contributed by atoms with E-state index in [1.807, 2.05) is 4.72 Å². The lowest BCUT2D eigenvalue weighted by molar-refractivity contribution is -0.384. The summed E-state index contributed by atoms with van der Waals surface area (Å²) in [7, 11) is -2.60. The van der Waals surface area contributed by atoms with Crippen molar-refractivity contribution in [3.8, 4) is 5.75 Å². The first kappa shape index (κ1) is 24.5. The van der Waals surface area contributed by atoms with Crippen LogP contribution in [0.1, 0.15) is 12.5 Å². The number of ether oxygens (including phenoxy) is 2. The third-order valence-corrected chi connectivity index (χ3v) is 5.03. The fourth-order valence-corrected chi connectivity index (χ4v) is 3.13. The average Bonchev–Trinajstić information content (AvgIpc) is 2.77. The molecule has 32 heavy (non-hydrogen) atoms. The number of anilines is 1. The summed E-state index contributed by atoms with van der Waals surface area (Å²) < 4.78 is 36.0. The largest absolute Gasteiger partial charge is 0.495 e. The van der Waals surface area contributed by atoms with Crippen molar-refractivity contribution in [2.75, 3.05) is 19.0 Å². The van der Waals surface area contributed by atoms with Crippen molar-refractivity contribution in [1.82, 2.24) is 4.72 Å². The Morgan fingerprint density at radius 3 is 2.50 bits per heavy atom. The van der Waals surface area contributed by atoms with Crippen molar-refractivity contribution in [1.29, 1.82) is 0 Å². The SMILES string of the molecule is COc1ccc([N+](=O)[O-])cc1NC(=O)C(C)OC(=O)CNS(=O)(=O)/C=C/c1ccccc1. The Kier molecular flexibility index (Phi) is 8.44. The lowest BCUT2D eigenvalue weighted by atomic mass is 10.2. The van der Waals surface area contributed by atoms with Crippen LogP contribution in [0.3, 0.4) is 0 Å². The predicted octanol–water partition coefficient (Wildman–Crippen LogP) is 2.06. The number of sulfonamides is 1. The topological polar surface area (TPSA) is 154 Å². The van der Waals surface area contributed by atoms with Gasteiger partial charge in [-0.15, -0.1) is 0 Å². The molecule has 0 radical (unpaired) electrons. The number of rotatable bonds is 10. The molecule has 0 aromatic heterocycles. The molecule has 1 amide bonds. The molecule has 2 aromatic carbocycles. The zero-order valence-corrected chi connectivity index (χ0v) is 18.0. The van der Waals surface area contributed by atoms with Crippen LogP contribution in [0.15, 0.2) is 53.9 Å². The molecule has 11 nitrogen and oxygen atoms in total. The summed E-state index contributed by atoms with van der Waals surface area (Å²) in [5.41, 5.74) is 0.396. The molecule has 0 heterocycles. The predicted molar refractivity (Wildman–Crippen MR) is 116 cm³/mol. The van der Waals surface area contributed by atoms with E-state index in [0.717, 1.165) is 11.5 Å². The molecule has 0 saturated carbocycles. The van der Waals surface area contributed by atoms with Gasteiger partial charge in [0.2, 0.25) is 10.0 Å². The maximum atomic E-state index is 12.3. The molecule has 2 aromatic rings. The Hall–Kier alpha value is -3.77. The van der Waals surface area contributed by atoms with Gasteiger partial charge in [0.25, 0.3) is 11.6 Å². The molecular weight excluding hydrogens is 442 g/mol. The fourth-order valence-electron chi connectivity index (χ4n) is 2.37. The molecule has 2 N–H and O–H groups in total. The second-order valence-electron chi connectivity index (χ2n) is 6.34. The van der Waals surface area contributed by atoms with Gasteiger partial charge in [-0.3, -0.25) is 19.7 Å². The van der Waals surface area contributed by atoms with Crippen molar-refractivity contribution in [3.05, 3.63) is 69.6 Å². The molecule has 0 fully saturated rings. The number of nitrogens with one attached hydrogen (secondary N) is 2. The quantitative estimate of drug-likeness (QED) is 0.308. The molecule has 0 aliphatic carbocycles. The summed E-state index contributed by atoms with van der Waals surface area (Å²) in [6.07, 6.45) is 0.0479. The van der Waals surface area contributed by atoms with Crippen molar-refractivity contribution in [3.63, 3.8) is 0 Å². The number of carbonyl (C=O) groups excluding carboxylic acids is 2. The smallest absolute Gasteiger partial charge is 0.321 e. The highest BCUT2D eigenvalue weighted by Gasteiger charge is 2.21. The number of nitrogens with zero attached hydrogens (tertiary/aromatic N) is 1. The molecule has 2 rings (SSSR count). The third kappa shape index (κ3) is 7.49. The molecule has 0 bridgehead atoms. The summed E-state index contributed by atoms with van der Waals surface area (Å²) in [5.74, 6) is -1.61. The van der Waals surface area contributed by atoms with Gasteiger partial charge >= 0.3 is 5.97 Å². The summed E-state index contributed by atoms with van der Waals surface area (Å²) in [5, 5.41) is 14.2. The van der Waals surface area contributed by atoms with Crippen LogP contribution in [0.4, 0.5) is 11.4 Å². The average molecular weight is 463 g/mol. The molecule has 0 aliphatic heterocycles.